The van der Waals surface area contributed by atoms with E-state index in [9.17, 15) is 4.79 Å². The number of aryl methyl sites for hydroxylation is 1. The molecule has 0 fully saturated rings. The van der Waals surface area contributed by atoms with E-state index in [1.54, 1.807) is 13.0 Å². The Kier molecular flexibility index (Phi) is 2.17. The predicted molar refractivity (Wildman–Crippen MR) is 50.9 cm³/mol. The first kappa shape index (κ1) is 9.32. The van der Waals surface area contributed by atoms with Crippen molar-refractivity contribution in [1.82, 2.24) is 19.7 Å². The quantitative estimate of drug-likeness (QED) is 0.777. The molecule has 6 nitrogen and oxygen atoms in total. The molecule has 0 unspecified atom stereocenters. The Morgan fingerprint density at radius 2 is 2.33 bits per heavy atom. The maximum absolute atomic E-state index is 10.9. The molecule has 2 heterocycles. The number of aromatic carboxylic acids is 1. The summed E-state index contributed by atoms with van der Waals surface area (Å²) in [6.45, 7) is 1.78. The van der Waals surface area contributed by atoms with Crippen LogP contribution in [0.15, 0.2) is 24.9 Å². The molecule has 76 valence electrons. The van der Waals surface area contributed by atoms with Crippen molar-refractivity contribution < 1.29 is 9.90 Å². The highest BCUT2D eigenvalue weighted by Crippen LogP contribution is 2.13. The van der Waals surface area contributed by atoms with Crippen LogP contribution in [-0.4, -0.2) is 30.8 Å². The van der Waals surface area contributed by atoms with Crippen molar-refractivity contribution in [3.63, 3.8) is 0 Å². The van der Waals surface area contributed by atoms with Crippen LogP contribution in [0.5, 0.6) is 0 Å². The van der Waals surface area contributed by atoms with Crippen LogP contribution in [0.4, 0.5) is 0 Å². The summed E-state index contributed by atoms with van der Waals surface area (Å²) in [5.74, 6) is -1.03. The first-order chi connectivity index (χ1) is 7.18. The fourth-order valence-corrected chi connectivity index (χ4v) is 1.23. The van der Waals surface area contributed by atoms with Gasteiger partial charge in [0, 0.05) is 11.9 Å². The van der Waals surface area contributed by atoms with E-state index >= 15 is 0 Å². The third-order valence-electron chi connectivity index (χ3n) is 1.91. The summed E-state index contributed by atoms with van der Waals surface area (Å²) in [5.41, 5.74) is 1.30. The molecule has 0 spiro atoms. The van der Waals surface area contributed by atoms with Gasteiger partial charge in [0.05, 0.1) is 5.69 Å². The first-order valence-electron chi connectivity index (χ1n) is 4.23. The zero-order valence-corrected chi connectivity index (χ0v) is 7.95. The van der Waals surface area contributed by atoms with Gasteiger partial charge in [0.2, 0.25) is 0 Å². The second-order valence-corrected chi connectivity index (χ2v) is 2.99. The molecule has 1 N–H and O–H groups in total. The minimum atomic E-state index is -1.03. The maximum Gasteiger partial charge on any atom is 0.339 e. The fourth-order valence-electron chi connectivity index (χ4n) is 1.23. The molecule has 0 aliphatic rings. The molecule has 0 saturated carbocycles. The van der Waals surface area contributed by atoms with Gasteiger partial charge in [-0.25, -0.2) is 14.5 Å². The average molecular weight is 204 g/mol. The molecule has 0 atom stereocenters. The Morgan fingerprint density at radius 1 is 1.53 bits per heavy atom. The van der Waals surface area contributed by atoms with Gasteiger partial charge < -0.3 is 5.11 Å². The lowest BCUT2D eigenvalue weighted by Crippen LogP contribution is -2.07. The lowest BCUT2D eigenvalue weighted by atomic mass is 10.2. The number of hydrogen-bond acceptors (Lipinski definition) is 4. The summed E-state index contributed by atoms with van der Waals surface area (Å²) in [4.78, 5) is 18.6. The summed E-state index contributed by atoms with van der Waals surface area (Å²) < 4.78 is 1.40. The SMILES string of the molecule is Cc1cc(-n2cncn2)c(C(=O)O)cn1. The van der Waals surface area contributed by atoms with Crippen molar-refractivity contribution in [3.05, 3.63) is 36.2 Å². The molecule has 0 bridgehead atoms. The van der Waals surface area contributed by atoms with Crippen LogP contribution < -0.4 is 0 Å². The Hall–Kier alpha value is -2.24. The van der Waals surface area contributed by atoms with Gasteiger partial charge in [0.25, 0.3) is 0 Å². The maximum atomic E-state index is 10.9. The Labute approximate surface area is 85.2 Å². The van der Waals surface area contributed by atoms with E-state index in [1.165, 1.54) is 23.5 Å². The van der Waals surface area contributed by atoms with Crippen LogP contribution in [0.1, 0.15) is 16.1 Å². The number of pyridine rings is 1. The molecule has 6 heteroatoms. The third-order valence-corrected chi connectivity index (χ3v) is 1.91. The van der Waals surface area contributed by atoms with Crippen molar-refractivity contribution in [2.75, 3.05) is 0 Å². The molecular formula is C9H8N4O2. The number of hydrogen-bond donors (Lipinski definition) is 1. The minimum Gasteiger partial charge on any atom is -0.478 e. The van der Waals surface area contributed by atoms with E-state index in [2.05, 4.69) is 15.1 Å². The molecule has 15 heavy (non-hydrogen) atoms. The van der Waals surface area contributed by atoms with E-state index in [4.69, 9.17) is 5.11 Å². The minimum absolute atomic E-state index is 0.103. The topological polar surface area (TPSA) is 80.9 Å². The highest BCUT2D eigenvalue weighted by molar-refractivity contribution is 5.91. The third kappa shape index (κ3) is 1.69. The van der Waals surface area contributed by atoms with Crippen LogP contribution in [0.3, 0.4) is 0 Å². The summed E-state index contributed by atoms with van der Waals surface area (Å²) in [6.07, 6.45) is 4.11. The van der Waals surface area contributed by atoms with E-state index < -0.39 is 5.97 Å². The largest absolute Gasteiger partial charge is 0.478 e. The zero-order chi connectivity index (χ0) is 10.8. The predicted octanol–water partition coefficient (Wildman–Crippen LogP) is 0.669. The number of carbonyl (C=O) groups is 1. The number of carboxylic acids is 1. The molecule has 0 radical (unpaired) electrons. The monoisotopic (exact) mass is 204 g/mol. The van der Waals surface area contributed by atoms with E-state index in [0.717, 1.165) is 5.69 Å². The second-order valence-electron chi connectivity index (χ2n) is 2.99. The van der Waals surface area contributed by atoms with Crippen molar-refractivity contribution in [3.8, 4) is 5.69 Å². The van der Waals surface area contributed by atoms with E-state index in [0.29, 0.717) is 5.69 Å². The fraction of sp³-hybridized carbons (Fsp3) is 0.111. The molecular weight excluding hydrogens is 196 g/mol. The van der Waals surface area contributed by atoms with Crippen molar-refractivity contribution in [2.24, 2.45) is 0 Å². The van der Waals surface area contributed by atoms with Gasteiger partial charge in [-0.15, -0.1) is 0 Å². The van der Waals surface area contributed by atoms with Gasteiger partial charge in [-0.3, -0.25) is 4.98 Å². The number of carboxylic acid groups (broad SMARTS) is 1. The van der Waals surface area contributed by atoms with Crippen molar-refractivity contribution >= 4 is 5.97 Å². The summed E-state index contributed by atoms with van der Waals surface area (Å²) >= 11 is 0. The zero-order valence-electron chi connectivity index (χ0n) is 7.95. The molecule has 2 aromatic rings. The van der Waals surface area contributed by atoms with Gasteiger partial charge in [-0.1, -0.05) is 0 Å². The van der Waals surface area contributed by atoms with Crippen LogP contribution in [-0.2, 0) is 0 Å². The van der Waals surface area contributed by atoms with Gasteiger partial charge >= 0.3 is 5.97 Å². The standard InChI is InChI=1S/C9H8N4O2/c1-6-2-8(13-5-10-4-12-13)7(3-11-6)9(14)15/h2-5H,1H3,(H,14,15). The van der Waals surface area contributed by atoms with Gasteiger partial charge in [-0.05, 0) is 13.0 Å². The van der Waals surface area contributed by atoms with Gasteiger partial charge in [0.15, 0.2) is 0 Å². The Bertz CT molecular complexity index is 493. The van der Waals surface area contributed by atoms with E-state index in [-0.39, 0.29) is 5.56 Å². The van der Waals surface area contributed by atoms with Crippen molar-refractivity contribution in [1.29, 1.82) is 0 Å². The lowest BCUT2D eigenvalue weighted by Gasteiger charge is -2.05. The normalized spacial score (nSPS) is 10.2. The molecule has 0 amide bonds. The van der Waals surface area contributed by atoms with Crippen molar-refractivity contribution in [2.45, 2.75) is 6.92 Å². The van der Waals surface area contributed by atoms with Gasteiger partial charge in [0.1, 0.15) is 18.2 Å². The van der Waals surface area contributed by atoms with Crippen LogP contribution in [0.2, 0.25) is 0 Å². The second kappa shape index (κ2) is 3.49. The van der Waals surface area contributed by atoms with Crippen LogP contribution in [0, 0.1) is 6.92 Å². The highest BCUT2D eigenvalue weighted by atomic mass is 16.4. The highest BCUT2D eigenvalue weighted by Gasteiger charge is 2.12. The lowest BCUT2D eigenvalue weighted by molar-refractivity contribution is 0.0696. The molecule has 2 aromatic heterocycles. The Morgan fingerprint density at radius 3 is 2.93 bits per heavy atom. The Balaban J connectivity index is 2.63. The molecule has 0 aromatic carbocycles. The summed E-state index contributed by atoms with van der Waals surface area (Å²) in [6, 6.07) is 1.65. The van der Waals surface area contributed by atoms with Gasteiger partial charge in [-0.2, -0.15) is 5.10 Å². The molecule has 2 rings (SSSR count). The van der Waals surface area contributed by atoms with Crippen LogP contribution >= 0.6 is 0 Å². The number of rotatable bonds is 2. The smallest absolute Gasteiger partial charge is 0.339 e. The molecule has 0 aliphatic heterocycles. The van der Waals surface area contributed by atoms with E-state index in [1.807, 2.05) is 0 Å². The molecule has 0 saturated heterocycles. The average Bonchev–Trinajstić information content (AvgIpc) is 2.69. The molecule has 0 aliphatic carbocycles. The number of aromatic nitrogens is 4. The summed E-state index contributed by atoms with van der Waals surface area (Å²) in [5, 5.41) is 12.8. The summed E-state index contributed by atoms with van der Waals surface area (Å²) in [7, 11) is 0. The number of nitrogens with zero attached hydrogens (tertiary/aromatic N) is 4. The van der Waals surface area contributed by atoms with Crippen LogP contribution in [0.25, 0.3) is 5.69 Å². The first-order valence-corrected chi connectivity index (χ1v) is 4.23.